The number of amides is 1. The van der Waals surface area contributed by atoms with E-state index in [2.05, 4.69) is 20.4 Å². The van der Waals surface area contributed by atoms with Crippen molar-refractivity contribution in [3.63, 3.8) is 0 Å². The maximum absolute atomic E-state index is 12.3. The third-order valence-corrected chi connectivity index (χ3v) is 4.55. The Morgan fingerprint density at radius 2 is 1.90 bits per heavy atom. The molecule has 0 aliphatic heterocycles. The molecule has 0 spiro atoms. The van der Waals surface area contributed by atoms with Crippen molar-refractivity contribution < 1.29 is 14.1 Å². The molecule has 0 bridgehead atoms. The van der Waals surface area contributed by atoms with Gasteiger partial charge in [-0.05, 0) is 43.8 Å². The van der Waals surface area contributed by atoms with Gasteiger partial charge in [0.25, 0.3) is 0 Å². The van der Waals surface area contributed by atoms with E-state index in [4.69, 9.17) is 9.26 Å². The number of hydrogen-bond acceptors (Lipinski definition) is 6. The zero-order valence-electron chi connectivity index (χ0n) is 16.8. The second-order valence-electron chi connectivity index (χ2n) is 6.63. The van der Waals surface area contributed by atoms with Crippen molar-refractivity contribution in [2.24, 2.45) is 0 Å². The number of benzene rings is 2. The molecule has 0 atom stereocenters. The molecule has 2 aromatic carbocycles. The molecule has 0 saturated heterocycles. The van der Waals surface area contributed by atoms with Gasteiger partial charge in [-0.25, -0.2) is 0 Å². The molecule has 29 heavy (non-hydrogen) atoms. The molecule has 0 fully saturated rings. The van der Waals surface area contributed by atoms with Crippen molar-refractivity contribution >= 4 is 11.6 Å². The summed E-state index contributed by atoms with van der Waals surface area (Å²) < 4.78 is 10.5. The summed E-state index contributed by atoms with van der Waals surface area (Å²) in [5, 5.41) is 6.95. The highest BCUT2D eigenvalue weighted by atomic mass is 16.5. The van der Waals surface area contributed by atoms with Gasteiger partial charge in [0.1, 0.15) is 5.75 Å². The highest BCUT2D eigenvalue weighted by Crippen LogP contribution is 2.16. The summed E-state index contributed by atoms with van der Waals surface area (Å²) in [5.41, 5.74) is 1.69. The van der Waals surface area contributed by atoms with Crippen LogP contribution in [-0.2, 0) is 11.2 Å². The predicted octanol–water partition coefficient (Wildman–Crippen LogP) is 3.64. The summed E-state index contributed by atoms with van der Waals surface area (Å²) in [6.45, 7) is 3.94. The number of anilines is 1. The van der Waals surface area contributed by atoms with Crippen LogP contribution in [0.2, 0.25) is 0 Å². The molecule has 0 saturated carbocycles. The summed E-state index contributed by atoms with van der Waals surface area (Å²) in [7, 11) is 1.61. The number of aromatic nitrogens is 2. The summed E-state index contributed by atoms with van der Waals surface area (Å²) in [6.07, 6.45) is 1.51. The minimum atomic E-state index is -0.0406. The van der Waals surface area contributed by atoms with Crippen LogP contribution in [0.5, 0.6) is 5.75 Å². The lowest BCUT2D eigenvalue weighted by atomic mass is 10.2. The van der Waals surface area contributed by atoms with Crippen LogP contribution in [0.4, 0.5) is 5.69 Å². The molecule has 1 aromatic heterocycles. The van der Waals surface area contributed by atoms with E-state index < -0.39 is 0 Å². The topological polar surface area (TPSA) is 80.5 Å². The van der Waals surface area contributed by atoms with Gasteiger partial charge in [0.2, 0.25) is 17.6 Å². The molecule has 0 aliphatic carbocycles. The molecule has 0 aliphatic rings. The van der Waals surface area contributed by atoms with E-state index >= 15 is 0 Å². The van der Waals surface area contributed by atoms with Crippen LogP contribution >= 0.6 is 0 Å². The summed E-state index contributed by atoms with van der Waals surface area (Å²) in [4.78, 5) is 18.8. The van der Waals surface area contributed by atoms with E-state index in [-0.39, 0.29) is 5.91 Å². The maximum atomic E-state index is 12.3. The van der Waals surface area contributed by atoms with Crippen LogP contribution in [0.25, 0.3) is 11.4 Å². The molecule has 0 unspecified atom stereocenters. The third-order valence-electron chi connectivity index (χ3n) is 4.55. The number of nitrogens with one attached hydrogen (secondary N) is 1. The number of hydrogen-bond donors (Lipinski definition) is 1. The fourth-order valence-corrected chi connectivity index (χ4v) is 2.94. The van der Waals surface area contributed by atoms with Gasteiger partial charge in [-0.15, -0.1) is 0 Å². The van der Waals surface area contributed by atoms with Gasteiger partial charge in [0, 0.05) is 17.7 Å². The van der Waals surface area contributed by atoms with Crippen molar-refractivity contribution in [3.05, 3.63) is 60.5 Å². The Labute approximate surface area is 170 Å². The van der Waals surface area contributed by atoms with Crippen LogP contribution in [0.1, 0.15) is 19.2 Å². The number of carbonyl (C=O) groups is 1. The van der Waals surface area contributed by atoms with Crippen LogP contribution < -0.4 is 10.1 Å². The maximum Gasteiger partial charge on any atom is 0.238 e. The van der Waals surface area contributed by atoms with Crippen LogP contribution in [0.3, 0.4) is 0 Å². The first-order chi connectivity index (χ1) is 14.2. The number of rotatable bonds is 10. The van der Waals surface area contributed by atoms with Gasteiger partial charge in [0.15, 0.2) is 0 Å². The number of likely N-dealkylation sites (N-methyl/N-ethyl adjacent to an activating group) is 1. The SMILES string of the molecule is CCN(CCCc1nc(-c2ccccc2)no1)CC(=O)Nc1ccc(OC)cc1. The molecule has 1 N–H and O–H groups in total. The summed E-state index contributed by atoms with van der Waals surface area (Å²) in [6, 6.07) is 17.0. The smallest absolute Gasteiger partial charge is 0.238 e. The fourth-order valence-electron chi connectivity index (χ4n) is 2.94. The number of methoxy groups -OCH3 is 1. The van der Waals surface area contributed by atoms with E-state index in [0.717, 1.165) is 36.5 Å². The Hall–Kier alpha value is -3.19. The lowest BCUT2D eigenvalue weighted by Gasteiger charge is -2.19. The van der Waals surface area contributed by atoms with E-state index in [0.29, 0.717) is 24.7 Å². The van der Waals surface area contributed by atoms with Crippen LogP contribution in [0.15, 0.2) is 59.1 Å². The molecule has 3 aromatic rings. The standard InChI is InChI=1S/C22H26N4O3/c1-3-26(16-20(27)23-18-11-13-19(28-2)14-12-18)15-7-10-21-24-22(25-29-21)17-8-5-4-6-9-17/h4-6,8-9,11-14H,3,7,10,15-16H2,1-2H3,(H,23,27). The predicted molar refractivity (Wildman–Crippen MR) is 112 cm³/mol. The number of aryl methyl sites for hydroxylation is 1. The summed E-state index contributed by atoms with van der Waals surface area (Å²) >= 11 is 0. The highest BCUT2D eigenvalue weighted by Gasteiger charge is 2.12. The third kappa shape index (κ3) is 6.15. The van der Waals surface area contributed by atoms with E-state index in [9.17, 15) is 4.79 Å². The lowest BCUT2D eigenvalue weighted by molar-refractivity contribution is -0.117. The molecular formula is C22H26N4O3. The largest absolute Gasteiger partial charge is 0.497 e. The second-order valence-corrected chi connectivity index (χ2v) is 6.63. The van der Waals surface area contributed by atoms with Crippen LogP contribution in [0, 0.1) is 0 Å². The molecule has 0 radical (unpaired) electrons. The van der Waals surface area contributed by atoms with Crippen molar-refractivity contribution in [1.82, 2.24) is 15.0 Å². The minimum Gasteiger partial charge on any atom is -0.497 e. The van der Waals surface area contributed by atoms with E-state index in [1.165, 1.54) is 0 Å². The highest BCUT2D eigenvalue weighted by molar-refractivity contribution is 5.92. The lowest BCUT2D eigenvalue weighted by Crippen LogP contribution is -2.34. The van der Waals surface area contributed by atoms with E-state index in [1.54, 1.807) is 7.11 Å². The van der Waals surface area contributed by atoms with Crippen molar-refractivity contribution in [2.75, 3.05) is 32.1 Å². The number of ether oxygens (including phenoxy) is 1. The van der Waals surface area contributed by atoms with Gasteiger partial charge in [0.05, 0.1) is 13.7 Å². The first-order valence-corrected chi connectivity index (χ1v) is 9.72. The minimum absolute atomic E-state index is 0.0406. The fraction of sp³-hybridized carbons (Fsp3) is 0.318. The molecule has 1 amide bonds. The van der Waals surface area contributed by atoms with E-state index in [1.807, 2.05) is 61.5 Å². The molecule has 1 heterocycles. The second kappa shape index (κ2) is 10.4. The molecule has 3 rings (SSSR count). The molecular weight excluding hydrogens is 368 g/mol. The Morgan fingerprint density at radius 1 is 1.14 bits per heavy atom. The zero-order chi connectivity index (χ0) is 20.5. The summed E-state index contributed by atoms with van der Waals surface area (Å²) in [5.74, 6) is 1.94. The van der Waals surface area contributed by atoms with Gasteiger partial charge in [-0.1, -0.05) is 42.4 Å². The monoisotopic (exact) mass is 394 g/mol. The molecule has 7 nitrogen and oxygen atoms in total. The van der Waals surface area contributed by atoms with Crippen molar-refractivity contribution in [2.45, 2.75) is 19.8 Å². The Balaban J connectivity index is 1.44. The normalized spacial score (nSPS) is 10.9. The van der Waals surface area contributed by atoms with Gasteiger partial charge >= 0.3 is 0 Å². The molecule has 152 valence electrons. The quantitative estimate of drug-likeness (QED) is 0.565. The Kier molecular flexibility index (Phi) is 7.35. The first-order valence-electron chi connectivity index (χ1n) is 9.72. The van der Waals surface area contributed by atoms with Gasteiger partial charge < -0.3 is 14.6 Å². The average molecular weight is 394 g/mol. The van der Waals surface area contributed by atoms with Gasteiger partial charge in [-0.2, -0.15) is 4.98 Å². The first kappa shape index (κ1) is 20.5. The zero-order valence-corrected chi connectivity index (χ0v) is 16.8. The number of nitrogens with zero attached hydrogens (tertiary/aromatic N) is 3. The Bertz CT molecular complexity index is 894. The number of carbonyl (C=O) groups excluding carboxylic acids is 1. The van der Waals surface area contributed by atoms with Crippen LogP contribution in [-0.4, -0.2) is 47.7 Å². The average Bonchev–Trinajstić information content (AvgIpc) is 3.23. The van der Waals surface area contributed by atoms with Crippen molar-refractivity contribution in [3.8, 4) is 17.1 Å². The van der Waals surface area contributed by atoms with Gasteiger partial charge in [-0.3, -0.25) is 9.69 Å². The van der Waals surface area contributed by atoms with Crippen molar-refractivity contribution in [1.29, 1.82) is 0 Å². The molecule has 7 heteroatoms. The Morgan fingerprint density at radius 3 is 2.59 bits per heavy atom.